The van der Waals surface area contributed by atoms with Gasteiger partial charge in [-0.05, 0) is 32.4 Å². The van der Waals surface area contributed by atoms with Gasteiger partial charge in [-0.1, -0.05) is 26.0 Å². The SMILES string of the molecule is CCC=CCCNCCC. The van der Waals surface area contributed by atoms with Crippen molar-refractivity contribution in [3.05, 3.63) is 12.2 Å². The van der Waals surface area contributed by atoms with Gasteiger partial charge in [-0.25, -0.2) is 0 Å². The van der Waals surface area contributed by atoms with Crippen LogP contribution in [0.3, 0.4) is 0 Å². The van der Waals surface area contributed by atoms with Gasteiger partial charge >= 0.3 is 0 Å². The van der Waals surface area contributed by atoms with E-state index in [1.54, 1.807) is 0 Å². The second-order valence-electron chi connectivity index (χ2n) is 2.42. The minimum absolute atomic E-state index is 1.13. The van der Waals surface area contributed by atoms with E-state index in [0.29, 0.717) is 0 Å². The number of hydrogen-bond donors (Lipinski definition) is 1. The average Bonchev–Trinajstić information content (AvgIpc) is 1.97. The van der Waals surface area contributed by atoms with Crippen LogP contribution in [-0.2, 0) is 0 Å². The first kappa shape index (κ1) is 9.70. The molecule has 0 spiro atoms. The molecule has 0 atom stereocenters. The van der Waals surface area contributed by atoms with E-state index in [9.17, 15) is 0 Å². The predicted molar refractivity (Wildman–Crippen MR) is 47.2 cm³/mol. The van der Waals surface area contributed by atoms with E-state index in [2.05, 4.69) is 31.3 Å². The van der Waals surface area contributed by atoms with Crippen molar-refractivity contribution in [1.29, 1.82) is 0 Å². The summed E-state index contributed by atoms with van der Waals surface area (Å²) in [5.74, 6) is 0. The van der Waals surface area contributed by atoms with Gasteiger partial charge < -0.3 is 5.32 Å². The van der Waals surface area contributed by atoms with Gasteiger partial charge in [-0.15, -0.1) is 0 Å². The van der Waals surface area contributed by atoms with Crippen molar-refractivity contribution >= 4 is 0 Å². The van der Waals surface area contributed by atoms with Crippen molar-refractivity contribution in [2.45, 2.75) is 33.1 Å². The van der Waals surface area contributed by atoms with Crippen LogP contribution in [0.15, 0.2) is 12.2 Å². The van der Waals surface area contributed by atoms with Crippen LogP contribution in [0.25, 0.3) is 0 Å². The van der Waals surface area contributed by atoms with Crippen LogP contribution in [0.2, 0.25) is 0 Å². The zero-order valence-electron chi connectivity index (χ0n) is 7.19. The van der Waals surface area contributed by atoms with Gasteiger partial charge in [0.15, 0.2) is 0 Å². The normalized spacial score (nSPS) is 11.0. The van der Waals surface area contributed by atoms with Crippen molar-refractivity contribution in [2.24, 2.45) is 0 Å². The van der Waals surface area contributed by atoms with E-state index in [0.717, 1.165) is 19.5 Å². The van der Waals surface area contributed by atoms with Crippen LogP contribution in [0.5, 0.6) is 0 Å². The molecule has 0 aliphatic rings. The molecule has 1 nitrogen and oxygen atoms in total. The van der Waals surface area contributed by atoms with E-state index >= 15 is 0 Å². The molecule has 0 unspecified atom stereocenters. The Morgan fingerprint density at radius 1 is 1.10 bits per heavy atom. The largest absolute Gasteiger partial charge is 0.316 e. The first-order valence-corrected chi connectivity index (χ1v) is 4.27. The maximum absolute atomic E-state index is 3.34. The lowest BCUT2D eigenvalue weighted by Gasteiger charge is -1.97. The van der Waals surface area contributed by atoms with Crippen molar-refractivity contribution in [2.75, 3.05) is 13.1 Å². The van der Waals surface area contributed by atoms with Crippen LogP contribution < -0.4 is 5.32 Å². The Morgan fingerprint density at radius 3 is 2.50 bits per heavy atom. The summed E-state index contributed by atoms with van der Waals surface area (Å²) < 4.78 is 0. The van der Waals surface area contributed by atoms with Crippen molar-refractivity contribution < 1.29 is 0 Å². The molecular formula is C9H19N. The lowest BCUT2D eigenvalue weighted by molar-refractivity contribution is 0.678. The molecule has 0 aliphatic carbocycles. The summed E-state index contributed by atoms with van der Waals surface area (Å²) in [6, 6.07) is 0. The van der Waals surface area contributed by atoms with E-state index in [1.165, 1.54) is 12.8 Å². The third-order valence-electron chi connectivity index (χ3n) is 1.32. The maximum Gasteiger partial charge on any atom is -0.00143 e. The zero-order chi connectivity index (χ0) is 7.66. The summed E-state index contributed by atoms with van der Waals surface area (Å²) in [5.41, 5.74) is 0. The first-order chi connectivity index (χ1) is 4.91. The lowest BCUT2D eigenvalue weighted by atomic mass is 10.3. The molecule has 0 radical (unpaired) electrons. The Bertz CT molecular complexity index is 76.8. The fourth-order valence-corrected chi connectivity index (χ4v) is 0.772. The summed E-state index contributed by atoms with van der Waals surface area (Å²) in [6.45, 7) is 6.63. The van der Waals surface area contributed by atoms with E-state index in [4.69, 9.17) is 0 Å². The first-order valence-electron chi connectivity index (χ1n) is 4.27. The monoisotopic (exact) mass is 141 g/mol. The second-order valence-corrected chi connectivity index (χ2v) is 2.42. The number of rotatable bonds is 6. The standard InChI is InChI=1S/C9H19N/c1-3-5-6-7-9-10-8-4-2/h5-6,10H,3-4,7-9H2,1-2H3. The Morgan fingerprint density at radius 2 is 1.90 bits per heavy atom. The van der Waals surface area contributed by atoms with Crippen LogP contribution in [0, 0.1) is 0 Å². The highest BCUT2D eigenvalue weighted by Gasteiger charge is 1.79. The van der Waals surface area contributed by atoms with Crippen LogP contribution in [-0.4, -0.2) is 13.1 Å². The molecule has 0 heterocycles. The predicted octanol–water partition coefficient (Wildman–Crippen LogP) is 2.34. The number of nitrogens with one attached hydrogen (secondary N) is 1. The highest BCUT2D eigenvalue weighted by molar-refractivity contribution is 4.80. The number of allylic oxidation sites excluding steroid dienone is 1. The highest BCUT2D eigenvalue weighted by atomic mass is 14.8. The smallest absolute Gasteiger partial charge is 0.00143 e. The highest BCUT2D eigenvalue weighted by Crippen LogP contribution is 1.84. The Balaban J connectivity index is 2.83. The Labute approximate surface area is 64.5 Å². The van der Waals surface area contributed by atoms with Crippen molar-refractivity contribution in [1.82, 2.24) is 5.32 Å². The third kappa shape index (κ3) is 7.70. The number of hydrogen-bond acceptors (Lipinski definition) is 1. The molecule has 0 rings (SSSR count). The topological polar surface area (TPSA) is 12.0 Å². The molecule has 0 amide bonds. The maximum atomic E-state index is 3.34. The van der Waals surface area contributed by atoms with Gasteiger partial charge in [-0.3, -0.25) is 0 Å². The molecule has 1 heteroatoms. The molecule has 0 bridgehead atoms. The van der Waals surface area contributed by atoms with Gasteiger partial charge in [0.05, 0.1) is 0 Å². The average molecular weight is 141 g/mol. The lowest BCUT2D eigenvalue weighted by Crippen LogP contribution is -2.14. The summed E-state index contributed by atoms with van der Waals surface area (Å²) >= 11 is 0. The Hall–Kier alpha value is -0.300. The molecule has 0 aliphatic heterocycles. The van der Waals surface area contributed by atoms with Gasteiger partial charge in [-0.2, -0.15) is 0 Å². The summed E-state index contributed by atoms with van der Waals surface area (Å²) in [6.07, 6.45) is 8.02. The van der Waals surface area contributed by atoms with Crippen LogP contribution in [0.1, 0.15) is 33.1 Å². The van der Waals surface area contributed by atoms with Crippen LogP contribution in [0.4, 0.5) is 0 Å². The molecule has 0 aromatic rings. The third-order valence-corrected chi connectivity index (χ3v) is 1.32. The zero-order valence-corrected chi connectivity index (χ0v) is 7.19. The van der Waals surface area contributed by atoms with Crippen molar-refractivity contribution in [3.8, 4) is 0 Å². The van der Waals surface area contributed by atoms with Gasteiger partial charge in [0.2, 0.25) is 0 Å². The minimum Gasteiger partial charge on any atom is -0.316 e. The van der Waals surface area contributed by atoms with Gasteiger partial charge in [0.1, 0.15) is 0 Å². The van der Waals surface area contributed by atoms with E-state index in [1.807, 2.05) is 0 Å². The fraction of sp³-hybridized carbons (Fsp3) is 0.778. The van der Waals surface area contributed by atoms with Gasteiger partial charge in [0.25, 0.3) is 0 Å². The van der Waals surface area contributed by atoms with E-state index in [-0.39, 0.29) is 0 Å². The summed E-state index contributed by atoms with van der Waals surface area (Å²) in [4.78, 5) is 0. The molecule has 1 N–H and O–H groups in total. The second kappa shape index (κ2) is 8.70. The molecular weight excluding hydrogens is 122 g/mol. The molecule has 10 heavy (non-hydrogen) atoms. The van der Waals surface area contributed by atoms with E-state index < -0.39 is 0 Å². The molecule has 0 saturated heterocycles. The fourth-order valence-electron chi connectivity index (χ4n) is 0.772. The minimum atomic E-state index is 1.13. The summed E-state index contributed by atoms with van der Waals surface area (Å²) in [5, 5.41) is 3.34. The quantitative estimate of drug-likeness (QED) is 0.442. The Kier molecular flexibility index (Phi) is 8.44. The molecule has 60 valence electrons. The molecule has 0 fully saturated rings. The molecule has 0 aromatic heterocycles. The molecule has 0 saturated carbocycles. The molecule has 0 aromatic carbocycles. The summed E-state index contributed by atoms with van der Waals surface area (Å²) in [7, 11) is 0. The van der Waals surface area contributed by atoms with Crippen molar-refractivity contribution in [3.63, 3.8) is 0 Å². The van der Waals surface area contributed by atoms with Gasteiger partial charge in [0, 0.05) is 0 Å². The van der Waals surface area contributed by atoms with Crippen LogP contribution >= 0.6 is 0 Å².